The number of halogens is 2. The van der Waals surface area contributed by atoms with Crippen molar-refractivity contribution >= 4 is 21.6 Å². The highest BCUT2D eigenvalue weighted by atomic mass is 35.5. The molecule has 0 radical (unpaired) electrons. The number of sulfonamides is 1. The van der Waals surface area contributed by atoms with Crippen LogP contribution in [0.2, 0.25) is 0 Å². The van der Waals surface area contributed by atoms with Crippen LogP contribution in [0.3, 0.4) is 0 Å². The number of alkyl halides is 1. The van der Waals surface area contributed by atoms with E-state index in [4.69, 9.17) is 16.3 Å². The molecule has 0 aliphatic carbocycles. The highest BCUT2D eigenvalue weighted by molar-refractivity contribution is 7.89. The Morgan fingerprint density at radius 2 is 2.24 bits per heavy atom. The Kier molecular flexibility index (Phi) is 5.60. The number of rotatable bonds is 6. The number of likely N-dealkylation sites (N-methyl/N-ethyl adjacent to an activating group) is 1. The third-order valence-corrected chi connectivity index (χ3v) is 5.89. The zero-order valence-corrected chi connectivity index (χ0v) is 13.5. The fourth-order valence-corrected chi connectivity index (χ4v) is 4.46. The van der Waals surface area contributed by atoms with E-state index in [9.17, 15) is 12.8 Å². The van der Waals surface area contributed by atoms with E-state index in [1.165, 1.54) is 16.4 Å². The van der Waals surface area contributed by atoms with Gasteiger partial charge < -0.3 is 4.74 Å². The highest BCUT2D eigenvalue weighted by Crippen LogP contribution is 2.24. The number of hydrogen-bond donors (Lipinski definition) is 0. The first kappa shape index (κ1) is 16.7. The van der Waals surface area contributed by atoms with Gasteiger partial charge in [0.2, 0.25) is 10.0 Å². The molecule has 2 rings (SSSR count). The Morgan fingerprint density at radius 1 is 1.48 bits per heavy atom. The molecule has 4 nitrogen and oxygen atoms in total. The van der Waals surface area contributed by atoms with Crippen LogP contribution in [0, 0.1) is 5.82 Å². The second kappa shape index (κ2) is 7.05. The van der Waals surface area contributed by atoms with Crippen LogP contribution in [0.5, 0.6) is 0 Å². The van der Waals surface area contributed by atoms with Gasteiger partial charge in [-0.05, 0) is 30.5 Å². The molecule has 0 aromatic heterocycles. The molecule has 0 amide bonds. The second-order valence-electron chi connectivity index (χ2n) is 4.98. The van der Waals surface area contributed by atoms with Crippen LogP contribution in [0.1, 0.15) is 25.3 Å². The molecule has 1 atom stereocenters. The van der Waals surface area contributed by atoms with Crippen LogP contribution < -0.4 is 0 Å². The summed E-state index contributed by atoms with van der Waals surface area (Å²) in [7, 11) is -3.77. The zero-order chi connectivity index (χ0) is 15.5. The van der Waals surface area contributed by atoms with Crippen molar-refractivity contribution in [2.24, 2.45) is 0 Å². The van der Waals surface area contributed by atoms with E-state index in [-0.39, 0.29) is 23.4 Å². The fourth-order valence-electron chi connectivity index (χ4n) is 2.43. The molecule has 118 valence electrons. The molecule has 1 aromatic rings. The van der Waals surface area contributed by atoms with Crippen molar-refractivity contribution in [2.45, 2.75) is 36.6 Å². The van der Waals surface area contributed by atoms with Crippen molar-refractivity contribution in [3.05, 3.63) is 29.6 Å². The van der Waals surface area contributed by atoms with Gasteiger partial charge in [0.15, 0.2) is 0 Å². The Bertz CT molecular complexity index is 588. The zero-order valence-electron chi connectivity index (χ0n) is 11.9. The molecule has 1 heterocycles. The van der Waals surface area contributed by atoms with Gasteiger partial charge in [-0.15, -0.1) is 11.6 Å². The van der Waals surface area contributed by atoms with Crippen molar-refractivity contribution in [1.82, 2.24) is 4.31 Å². The summed E-state index contributed by atoms with van der Waals surface area (Å²) in [6.07, 6.45) is 1.69. The van der Waals surface area contributed by atoms with Gasteiger partial charge in [0, 0.05) is 25.6 Å². The molecular weight excluding hydrogens is 317 g/mol. The third kappa shape index (κ3) is 3.74. The van der Waals surface area contributed by atoms with E-state index < -0.39 is 15.8 Å². The van der Waals surface area contributed by atoms with Gasteiger partial charge in [0.25, 0.3) is 0 Å². The van der Waals surface area contributed by atoms with Gasteiger partial charge in [-0.25, -0.2) is 12.8 Å². The van der Waals surface area contributed by atoms with Crippen molar-refractivity contribution in [3.63, 3.8) is 0 Å². The summed E-state index contributed by atoms with van der Waals surface area (Å²) in [6.45, 7) is 3.01. The van der Waals surface area contributed by atoms with E-state index in [1.807, 2.05) is 0 Å². The van der Waals surface area contributed by atoms with Crippen molar-refractivity contribution < 1.29 is 17.5 Å². The summed E-state index contributed by atoms with van der Waals surface area (Å²) in [5.41, 5.74) is 0.406. The molecule has 0 saturated carbocycles. The van der Waals surface area contributed by atoms with Crippen molar-refractivity contribution in [2.75, 3.05) is 19.7 Å². The quantitative estimate of drug-likeness (QED) is 0.751. The fraction of sp³-hybridized carbons (Fsp3) is 0.571. The lowest BCUT2D eigenvalue weighted by Crippen LogP contribution is -2.37. The van der Waals surface area contributed by atoms with E-state index >= 15 is 0 Å². The van der Waals surface area contributed by atoms with E-state index in [1.54, 1.807) is 6.92 Å². The maximum absolute atomic E-state index is 13.4. The first-order valence-electron chi connectivity index (χ1n) is 6.95. The van der Waals surface area contributed by atoms with Gasteiger partial charge in [-0.2, -0.15) is 4.31 Å². The summed E-state index contributed by atoms with van der Waals surface area (Å²) in [4.78, 5) is -0.0580. The van der Waals surface area contributed by atoms with Gasteiger partial charge >= 0.3 is 0 Å². The van der Waals surface area contributed by atoms with Gasteiger partial charge in [-0.3, -0.25) is 0 Å². The SMILES string of the molecule is CCN(CC1CCCO1)S(=O)(=O)c1cc(F)ccc1CCl. The predicted octanol–water partition coefficient (Wildman–Crippen LogP) is 2.75. The molecule has 7 heteroatoms. The van der Waals surface area contributed by atoms with Crippen LogP contribution in [0.25, 0.3) is 0 Å². The standard InChI is InChI=1S/C14H19ClFNO3S/c1-2-17(10-13-4-3-7-20-13)21(18,19)14-8-12(16)6-5-11(14)9-15/h5-6,8,13H,2-4,7,9-10H2,1H3. The normalized spacial score (nSPS) is 19.3. The number of benzene rings is 1. The smallest absolute Gasteiger partial charge is 0.243 e. The van der Waals surface area contributed by atoms with Gasteiger partial charge in [-0.1, -0.05) is 13.0 Å². The predicted molar refractivity (Wildman–Crippen MR) is 79.4 cm³/mol. The minimum atomic E-state index is -3.77. The lowest BCUT2D eigenvalue weighted by atomic mass is 10.2. The second-order valence-corrected chi connectivity index (χ2v) is 7.15. The molecule has 1 saturated heterocycles. The summed E-state index contributed by atoms with van der Waals surface area (Å²) in [5.74, 6) is -0.567. The molecule has 21 heavy (non-hydrogen) atoms. The number of nitrogens with zero attached hydrogens (tertiary/aromatic N) is 1. The lowest BCUT2D eigenvalue weighted by molar-refractivity contribution is 0.0946. The molecule has 0 N–H and O–H groups in total. The average Bonchev–Trinajstić information content (AvgIpc) is 2.97. The monoisotopic (exact) mass is 335 g/mol. The number of ether oxygens (including phenoxy) is 1. The number of hydrogen-bond acceptors (Lipinski definition) is 3. The Hall–Kier alpha value is -0.690. The molecule has 0 spiro atoms. The summed E-state index contributed by atoms with van der Waals surface area (Å²) < 4.78 is 45.7. The van der Waals surface area contributed by atoms with E-state index in [0.29, 0.717) is 18.7 Å². The van der Waals surface area contributed by atoms with E-state index in [2.05, 4.69) is 0 Å². The lowest BCUT2D eigenvalue weighted by Gasteiger charge is -2.24. The third-order valence-electron chi connectivity index (χ3n) is 3.57. The van der Waals surface area contributed by atoms with Gasteiger partial charge in [0.05, 0.1) is 11.0 Å². The first-order valence-corrected chi connectivity index (χ1v) is 8.92. The molecule has 1 unspecified atom stereocenters. The first-order chi connectivity index (χ1) is 9.98. The minimum Gasteiger partial charge on any atom is -0.377 e. The molecule has 0 bridgehead atoms. The van der Waals surface area contributed by atoms with Crippen LogP contribution in [0.15, 0.2) is 23.1 Å². The van der Waals surface area contributed by atoms with Crippen LogP contribution in [-0.4, -0.2) is 38.5 Å². The largest absolute Gasteiger partial charge is 0.377 e. The van der Waals surface area contributed by atoms with Crippen molar-refractivity contribution in [3.8, 4) is 0 Å². The maximum atomic E-state index is 13.4. The molecule has 1 aliphatic rings. The van der Waals surface area contributed by atoms with Crippen LogP contribution in [-0.2, 0) is 20.6 Å². The average molecular weight is 336 g/mol. The molecule has 1 aromatic carbocycles. The Labute approximate surface area is 129 Å². The Balaban J connectivity index is 2.32. The summed E-state index contributed by atoms with van der Waals surface area (Å²) >= 11 is 5.78. The summed E-state index contributed by atoms with van der Waals surface area (Å²) in [5, 5.41) is 0. The Morgan fingerprint density at radius 3 is 2.81 bits per heavy atom. The van der Waals surface area contributed by atoms with Crippen molar-refractivity contribution in [1.29, 1.82) is 0 Å². The van der Waals surface area contributed by atoms with Crippen LogP contribution in [0.4, 0.5) is 4.39 Å². The maximum Gasteiger partial charge on any atom is 0.243 e. The van der Waals surface area contributed by atoms with Crippen LogP contribution >= 0.6 is 11.6 Å². The van der Waals surface area contributed by atoms with E-state index in [0.717, 1.165) is 18.9 Å². The molecule has 1 fully saturated rings. The molecular formula is C14H19ClFNO3S. The minimum absolute atomic E-state index is 0.0202. The summed E-state index contributed by atoms with van der Waals surface area (Å²) in [6, 6.07) is 3.66. The highest BCUT2D eigenvalue weighted by Gasteiger charge is 2.29. The molecule has 1 aliphatic heterocycles. The topological polar surface area (TPSA) is 46.6 Å². The van der Waals surface area contributed by atoms with Gasteiger partial charge in [0.1, 0.15) is 5.82 Å².